The highest BCUT2D eigenvalue weighted by atomic mass is 16.5. The summed E-state index contributed by atoms with van der Waals surface area (Å²) in [5, 5.41) is 0. The van der Waals surface area contributed by atoms with E-state index in [-0.39, 0.29) is 5.92 Å². The van der Waals surface area contributed by atoms with Crippen molar-refractivity contribution in [3.63, 3.8) is 0 Å². The van der Waals surface area contributed by atoms with Crippen molar-refractivity contribution in [1.29, 1.82) is 0 Å². The van der Waals surface area contributed by atoms with Crippen LogP contribution < -0.4 is 4.74 Å². The molecule has 28 heavy (non-hydrogen) atoms. The average Bonchev–Trinajstić information content (AvgIpc) is 2.74. The van der Waals surface area contributed by atoms with Crippen molar-refractivity contribution in [2.75, 3.05) is 26.7 Å². The molecule has 0 bridgehead atoms. The van der Waals surface area contributed by atoms with Crippen LogP contribution in [0.4, 0.5) is 0 Å². The number of nitrogens with zero attached hydrogens (tertiary/aromatic N) is 2. The number of likely N-dealkylation sites (tertiary alicyclic amines) is 1. The van der Waals surface area contributed by atoms with Gasteiger partial charge in [0.05, 0.1) is 7.11 Å². The van der Waals surface area contributed by atoms with Crippen LogP contribution in [0.3, 0.4) is 0 Å². The maximum atomic E-state index is 13.3. The fourth-order valence-electron chi connectivity index (χ4n) is 4.87. The van der Waals surface area contributed by atoms with Crippen LogP contribution in [0.1, 0.15) is 70.3 Å². The standard InChI is InChI=1S/C24H38N2O2/c1-20-11-8-9-16-25(20)17-10-18-26(24(27)21-12-4-3-5-13-21)19-22-14-6-7-15-23(22)28-2/h6-7,14-15,20-21H,3-5,8-13,16-19H2,1-2H3. The van der Waals surface area contributed by atoms with Crippen molar-refractivity contribution in [3.8, 4) is 5.75 Å². The van der Waals surface area contributed by atoms with Crippen LogP contribution in [0.2, 0.25) is 0 Å². The number of ether oxygens (including phenoxy) is 1. The molecule has 1 unspecified atom stereocenters. The molecule has 1 saturated carbocycles. The van der Waals surface area contributed by atoms with Gasteiger partial charge in [0, 0.05) is 37.2 Å². The number of piperidine rings is 1. The second-order valence-corrected chi connectivity index (χ2v) is 8.64. The van der Waals surface area contributed by atoms with Gasteiger partial charge in [-0.1, -0.05) is 43.9 Å². The lowest BCUT2D eigenvalue weighted by Gasteiger charge is -2.34. The molecule has 2 fully saturated rings. The molecular weight excluding hydrogens is 348 g/mol. The van der Waals surface area contributed by atoms with Gasteiger partial charge in [0.1, 0.15) is 5.75 Å². The molecule has 1 amide bonds. The van der Waals surface area contributed by atoms with Crippen LogP contribution in [-0.2, 0) is 11.3 Å². The number of benzene rings is 1. The third-order valence-corrected chi connectivity index (χ3v) is 6.63. The average molecular weight is 387 g/mol. The largest absolute Gasteiger partial charge is 0.496 e. The lowest BCUT2D eigenvalue weighted by atomic mass is 9.88. The van der Waals surface area contributed by atoms with Gasteiger partial charge in [-0.3, -0.25) is 4.79 Å². The molecule has 2 aliphatic rings. The molecule has 1 aromatic carbocycles. The Balaban J connectivity index is 1.64. The fourth-order valence-corrected chi connectivity index (χ4v) is 4.87. The fraction of sp³-hybridized carbons (Fsp3) is 0.708. The van der Waals surface area contributed by atoms with E-state index in [4.69, 9.17) is 4.74 Å². The van der Waals surface area contributed by atoms with Crippen molar-refractivity contribution < 1.29 is 9.53 Å². The molecule has 156 valence electrons. The molecule has 1 atom stereocenters. The first-order chi connectivity index (χ1) is 13.7. The molecule has 1 aliphatic heterocycles. The van der Waals surface area contributed by atoms with E-state index in [1.54, 1.807) is 7.11 Å². The minimum Gasteiger partial charge on any atom is -0.496 e. The van der Waals surface area contributed by atoms with Gasteiger partial charge >= 0.3 is 0 Å². The number of carbonyl (C=O) groups excluding carboxylic acids is 1. The summed E-state index contributed by atoms with van der Waals surface area (Å²) >= 11 is 0. The van der Waals surface area contributed by atoms with E-state index >= 15 is 0 Å². The van der Waals surface area contributed by atoms with Crippen LogP contribution >= 0.6 is 0 Å². The van der Waals surface area contributed by atoms with Crippen molar-refractivity contribution in [2.24, 2.45) is 5.92 Å². The number of carbonyl (C=O) groups is 1. The van der Waals surface area contributed by atoms with Gasteiger partial charge in [0.2, 0.25) is 5.91 Å². The number of rotatable bonds is 8. The lowest BCUT2D eigenvalue weighted by molar-refractivity contribution is -0.137. The summed E-state index contributed by atoms with van der Waals surface area (Å²) < 4.78 is 5.54. The molecule has 0 N–H and O–H groups in total. The zero-order valence-corrected chi connectivity index (χ0v) is 17.9. The Kier molecular flexibility index (Phi) is 8.20. The van der Waals surface area contributed by atoms with Gasteiger partial charge in [0.25, 0.3) is 0 Å². The number of hydrogen-bond donors (Lipinski definition) is 0. The van der Waals surface area contributed by atoms with Crippen LogP contribution in [0.25, 0.3) is 0 Å². The summed E-state index contributed by atoms with van der Waals surface area (Å²) in [5.74, 6) is 1.46. The van der Waals surface area contributed by atoms with E-state index in [0.29, 0.717) is 18.5 Å². The Hall–Kier alpha value is -1.55. The van der Waals surface area contributed by atoms with E-state index in [9.17, 15) is 4.79 Å². The van der Waals surface area contributed by atoms with Crippen LogP contribution in [0.5, 0.6) is 5.75 Å². The van der Waals surface area contributed by atoms with Gasteiger partial charge in [-0.25, -0.2) is 0 Å². The highest BCUT2D eigenvalue weighted by Crippen LogP contribution is 2.27. The second kappa shape index (κ2) is 10.8. The third kappa shape index (κ3) is 5.73. The Morgan fingerprint density at radius 1 is 1.11 bits per heavy atom. The molecular formula is C24H38N2O2. The summed E-state index contributed by atoms with van der Waals surface area (Å²) in [6.45, 7) is 6.16. The Morgan fingerprint density at radius 2 is 1.86 bits per heavy atom. The van der Waals surface area contributed by atoms with Crippen molar-refractivity contribution in [2.45, 2.75) is 77.3 Å². The van der Waals surface area contributed by atoms with Crippen molar-refractivity contribution >= 4 is 5.91 Å². The highest BCUT2D eigenvalue weighted by molar-refractivity contribution is 5.79. The predicted molar refractivity (Wildman–Crippen MR) is 114 cm³/mol. The van der Waals surface area contributed by atoms with Gasteiger partial charge in [-0.2, -0.15) is 0 Å². The van der Waals surface area contributed by atoms with Gasteiger partial charge < -0.3 is 14.5 Å². The number of hydrogen-bond acceptors (Lipinski definition) is 3. The molecule has 0 spiro atoms. The Bertz CT molecular complexity index is 612. The van der Waals surface area contributed by atoms with E-state index in [0.717, 1.165) is 43.7 Å². The summed E-state index contributed by atoms with van der Waals surface area (Å²) in [6, 6.07) is 8.80. The molecule has 4 nitrogen and oxygen atoms in total. The van der Waals surface area contributed by atoms with Crippen molar-refractivity contribution in [1.82, 2.24) is 9.80 Å². The molecule has 1 heterocycles. The normalized spacial score (nSPS) is 21.4. The van der Waals surface area contributed by atoms with E-state index < -0.39 is 0 Å². The zero-order valence-electron chi connectivity index (χ0n) is 17.9. The molecule has 1 aliphatic carbocycles. The first-order valence-electron chi connectivity index (χ1n) is 11.3. The van der Waals surface area contributed by atoms with Gasteiger partial charge in [-0.05, 0) is 51.6 Å². The number of para-hydroxylation sites is 1. The first-order valence-corrected chi connectivity index (χ1v) is 11.3. The highest BCUT2D eigenvalue weighted by Gasteiger charge is 2.27. The monoisotopic (exact) mass is 386 g/mol. The topological polar surface area (TPSA) is 32.8 Å². The Morgan fingerprint density at radius 3 is 2.61 bits per heavy atom. The number of methoxy groups -OCH3 is 1. The number of amides is 1. The zero-order chi connectivity index (χ0) is 19.8. The molecule has 3 rings (SSSR count). The van der Waals surface area contributed by atoms with Crippen LogP contribution in [0, 0.1) is 5.92 Å². The van der Waals surface area contributed by atoms with Crippen LogP contribution in [-0.4, -0.2) is 48.5 Å². The van der Waals surface area contributed by atoms with Crippen molar-refractivity contribution in [3.05, 3.63) is 29.8 Å². The summed E-state index contributed by atoms with van der Waals surface area (Å²) in [5.41, 5.74) is 1.11. The molecule has 4 heteroatoms. The Labute approximate surface area is 171 Å². The first kappa shape index (κ1) is 21.2. The maximum absolute atomic E-state index is 13.3. The summed E-state index contributed by atoms with van der Waals surface area (Å²) in [7, 11) is 1.71. The van der Waals surface area contributed by atoms with Crippen LogP contribution in [0.15, 0.2) is 24.3 Å². The maximum Gasteiger partial charge on any atom is 0.225 e. The van der Waals surface area contributed by atoms with E-state index in [2.05, 4.69) is 22.8 Å². The lowest BCUT2D eigenvalue weighted by Crippen LogP contribution is -2.41. The molecule has 1 aromatic rings. The molecule has 0 aromatic heterocycles. The second-order valence-electron chi connectivity index (χ2n) is 8.64. The summed E-state index contributed by atoms with van der Waals surface area (Å²) in [4.78, 5) is 18.0. The third-order valence-electron chi connectivity index (χ3n) is 6.63. The quantitative estimate of drug-likeness (QED) is 0.639. The van der Waals surface area contributed by atoms with E-state index in [1.165, 1.54) is 45.1 Å². The minimum absolute atomic E-state index is 0.220. The minimum atomic E-state index is 0.220. The smallest absolute Gasteiger partial charge is 0.225 e. The van der Waals surface area contributed by atoms with Gasteiger partial charge in [0.15, 0.2) is 0 Å². The van der Waals surface area contributed by atoms with Gasteiger partial charge in [-0.15, -0.1) is 0 Å². The summed E-state index contributed by atoms with van der Waals surface area (Å²) in [6.07, 6.45) is 10.8. The van der Waals surface area contributed by atoms with E-state index in [1.807, 2.05) is 18.2 Å². The SMILES string of the molecule is COc1ccccc1CN(CCCN1CCCCC1C)C(=O)C1CCCCC1. The molecule has 0 radical (unpaired) electrons. The molecule has 1 saturated heterocycles. The predicted octanol–water partition coefficient (Wildman–Crippen LogP) is 4.87.